The van der Waals surface area contributed by atoms with Crippen molar-refractivity contribution >= 4 is 11.8 Å². The van der Waals surface area contributed by atoms with E-state index in [2.05, 4.69) is 5.32 Å². The van der Waals surface area contributed by atoms with Crippen LogP contribution in [0.5, 0.6) is 0 Å². The maximum Gasteiger partial charge on any atom is 0.416 e. The summed E-state index contributed by atoms with van der Waals surface area (Å²) in [6.45, 7) is 1.47. The van der Waals surface area contributed by atoms with Gasteiger partial charge < -0.3 is 0 Å². The van der Waals surface area contributed by atoms with Gasteiger partial charge >= 0.3 is 6.18 Å². The van der Waals surface area contributed by atoms with E-state index >= 15 is 0 Å². The van der Waals surface area contributed by atoms with Gasteiger partial charge in [-0.1, -0.05) is 12.1 Å². The maximum atomic E-state index is 12.6. The second-order valence-corrected chi connectivity index (χ2v) is 4.62. The number of rotatable bonds is 2. The topological polar surface area (TPSA) is 49.4 Å². The molecule has 4 nitrogen and oxygen atoms in total. The Hall–Kier alpha value is -1.89. The predicted molar refractivity (Wildman–Crippen MR) is 64.5 cm³/mol. The van der Waals surface area contributed by atoms with E-state index in [9.17, 15) is 22.8 Å². The largest absolute Gasteiger partial charge is 0.416 e. The summed E-state index contributed by atoms with van der Waals surface area (Å²) in [5, 5.41) is 2.71. The van der Waals surface area contributed by atoms with Crippen LogP contribution in [0.3, 0.4) is 0 Å². The third-order valence-electron chi connectivity index (χ3n) is 3.09. The molecule has 1 unspecified atom stereocenters. The van der Waals surface area contributed by atoms with Crippen molar-refractivity contribution in [1.29, 1.82) is 0 Å². The van der Waals surface area contributed by atoms with Crippen molar-refractivity contribution in [2.24, 2.45) is 0 Å². The number of hydrogen-bond acceptors (Lipinski definition) is 3. The van der Waals surface area contributed by atoms with Crippen molar-refractivity contribution in [1.82, 2.24) is 10.2 Å². The average Bonchev–Trinajstić information content (AvgIpc) is 2.39. The molecule has 1 aromatic rings. The lowest BCUT2D eigenvalue weighted by Gasteiger charge is -2.29. The molecule has 1 atom stereocenters. The summed E-state index contributed by atoms with van der Waals surface area (Å²) in [6.07, 6.45) is -4.44. The van der Waals surface area contributed by atoms with Crippen LogP contribution in [-0.4, -0.2) is 29.3 Å². The summed E-state index contributed by atoms with van der Waals surface area (Å²) < 4.78 is 37.8. The third-order valence-corrected chi connectivity index (χ3v) is 3.09. The number of nitrogens with one attached hydrogen (secondary N) is 1. The van der Waals surface area contributed by atoms with Crippen molar-refractivity contribution in [2.75, 3.05) is 6.54 Å². The number of amides is 2. The fourth-order valence-electron chi connectivity index (χ4n) is 1.97. The third kappa shape index (κ3) is 2.98. The number of alkyl halides is 3. The van der Waals surface area contributed by atoms with Crippen LogP contribution in [0.25, 0.3) is 0 Å². The zero-order chi connectivity index (χ0) is 14.9. The van der Waals surface area contributed by atoms with Crippen LogP contribution in [0.2, 0.25) is 0 Å². The molecular formula is C13H13F3N2O2. The first-order chi connectivity index (χ1) is 9.29. The average molecular weight is 286 g/mol. The number of nitrogens with zero attached hydrogens (tertiary/aromatic N) is 1. The molecule has 7 heteroatoms. The van der Waals surface area contributed by atoms with Gasteiger partial charge in [0, 0.05) is 0 Å². The van der Waals surface area contributed by atoms with Crippen LogP contribution in [0.4, 0.5) is 13.2 Å². The Bertz CT molecular complexity index is 543. The summed E-state index contributed by atoms with van der Waals surface area (Å²) in [4.78, 5) is 24.5. The summed E-state index contributed by atoms with van der Waals surface area (Å²) >= 11 is 0. The molecule has 1 aliphatic rings. The van der Waals surface area contributed by atoms with Gasteiger partial charge in [0.1, 0.15) is 0 Å². The van der Waals surface area contributed by atoms with Crippen LogP contribution in [-0.2, 0) is 22.3 Å². The molecule has 0 aliphatic carbocycles. The van der Waals surface area contributed by atoms with E-state index in [0.29, 0.717) is 0 Å². The number of piperazine rings is 1. The number of benzene rings is 1. The van der Waals surface area contributed by atoms with E-state index in [4.69, 9.17) is 0 Å². The smallest absolute Gasteiger partial charge is 0.298 e. The summed E-state index contributed by atoms with van der Waals surface area (Å²) in [6, 6.07) is 4.11. The highest BCUT2D eigenvalue weighted by Crippen LogP contribution is 2.29. The Labute approximate surface area is 113 Å². The Balaban J connectivity index is 2.21. The van der Waals surface area contributed by atoms with E-state index in [1.165, 1.54) is 12.1 Å². The van der Waals surface area contributed by atoms with Crippen LogP contribution in [0, 0.1) is 0 Å². The molecule has 0 spiro atoms. The Morgan fingerprint density at radius 1 is 1.35 bits per heavy atom. The minimum Gasteiger partial charge on any atom is -0.298 e. The standard InChI is InChI=1S/C13H13F3N2O2/c1-8-12(20)18(11(19)6-17-8)7-9-3-2-4-10(5-9)13(14,15)16/h2-5,8,17H,6-7H2,1H3. The van der Waals surface area contributed by atoms with Crippen LogP contribution < -0.4 is 5.32 Å². The van der Waals surface area contributed by atoms with E-state index < -0.39 is 29.6 Å². The summed E-state index contributed by atoms with van der Waals surface area (Å²) in [5.74, 6) is -0.871. The molecule has 1 aliphatic heterocycles. The first-order valence-electron chi connectivity index (χ1n) is 6.03. The van der Waals surface area contributed by atoms with Crippen LogP contribution in [0.15, 0.2) is 24.3 Å². The quantitative estimate of drug-likeness (QED) is 0.839. The van der Waals surface area contributed by atoms with E-state index in [1.54, 1.807) is 6.92 Å². The number of carbonyl (C=O) groups excluding carboxylic acids is 2. The first kappa shape index (κ1) is 14.5. The second-order valence-electron chi connectivity index (χ2n) is 4.62. The van der Waals surface area contributed by atoms with Crippen molar-refractivity contribution in [3.05, 3.63) is 35.4 Å². The van der Waals surface area contributed by atoms with Gasteiger partial charge in [-0.3, -0.25) is 19.8 Å². The van der Waals surface area contributed by atoms with Gasteiger partial charge in [-0.25, -0.2) is 0 Å². The monoisotopic (exact) mass is 286 g/mol. The van der Waals surface area contributed by atoms with Crippen molar-refractivity contribution in [3.8, 4) is 0 Å². The SMILES string of the molecule is CC1NCC(=O)N(Cc2cccc(C(F)(F)F)c2)C1=O. The molecule has 2 amide bonds. The molecule has 108 valence electrons. The Morgan fingerprint density at radius 2 is 2.05 bits per heavy atom. The fourth-order valence-corrected chi connectivity index (χ4v) is 1.97. The zero-order valence-electron chi connectivity index (χ0n) is 10.7. The molecule has 0 radical (unpaired) electrons. The Morgan fingerprint density at radius 3 is 2.70 bits per heavy atom. The number of carbonyl (C=O) groups is 2. The van der Waals surface area contributed by atoms with Gasteiger partial charge in [-0.05, 0) is 24.6 Å². The van der Waals surface area contributed by atoms with Crippen LogP contribution in [0.1, 0.15) is 18.1 Å². The van der Waals surface area contributed by atoms with E-state index in [-0.39, 0.29) is 18.7 Å². The number of imide groups is 1. The maximum absolute atomic E-state index is 12.6. The highest BCUT2D eigenvalue weighted by atomic mass is 19.4. The van der Waals surface area contributed by atoms with Crippen molar-refractivity contribution in [3.63, 3.8) is 0 Å². The van der Waals surface area contributed by atoms with Gasteiger partial charge in [0.25, 0.3) is 0 Å². The highest BCUT2D eigenvalue weighted by Gasteiger charge is 2.33. The molecule has 1 aromatic carbocycles. The lowest BCUT2D eigenvalue weighted by molar-refractivity contribution is -0.149. The summed E-state index contributed by atoms with van der Waals surface area (Å²) in [7, 11) is 0. The van der Waals surface area contributed by atoms with E-state index in [0.717, 1.165) is 17.0 Å². The molecule has 0 aromatic heterocycles. The highest BCUT2D eigenvalue weighted by molar-refractivity contribution is 6.00. The minimum atomic E-state index is -4.44. The first-order valence-corrected chi connectivity index (χ1v) is 6.03. The van der Waals surface area contributed by atoms with Crippen molar-refractivity contribution < 1.29 is 22.8 Å². The molecule has 1 N–H and O–H groups in total. The molecule has 1 fully saturated rings. The normalized spacial score (nSPS) is 20.4. The fraction of sp³-hybridized carbons (Fsp3) is 0.385. The predicted octanol–water partition coefficient (Wildman–Crippen LogP) is 1.55. The van der Waals surface area contributed by atoms with Gasteiger partial charge in [0.2, 0.25) is 11.8 Å². The van der Waals surface area contributed by atoms with Gasteiger partial charge in [0.15, 0.2) is 0 Å². The molecule has 20 heavy (non-hydrogen) atoms. The lowest BCUT2D eigenvalue weighted by atomic mass is 10.1. The number of halogens is 3. The zero-order valence-corrected chi connectivity index (χ0v) is 10.7. The minimum absolute atomic E-state index is 0.00582. The molecule has 1 heterocycles. The Kier molecular flexibility index (Phi) is 3.80. The molecule has 1 saturated heterocycles. The number of hydrogen-bond donors (Lipinski definition) is 1. The van der Waals surface area contributed by atoms with E-state index in [1.807, 2.05) is 0 Å². The molecule has 2 rings (SSSR count). The van der Waals surface area contributed by atoms with Crippen LogP contribution >= 0.6 is 0 Å². The van der Waals surface area contributed by atoms with Gasteiger partial charge in [-0.2, -0.15) is 13.2 Å². The van der Waals surface area contributed by atoms with Crippen molar-refractivity contribution in [2.45, 2.75) is 25.7 Å². The van der Waals surface area contributed by atoms with Gasteiger partial charge in [-0.15, -0.1) is 0 Å². The second kappa shape index (κ2) is 5.24. The molecule has 0 bridgehead atoms. The molecule has 0 saturated carbocycles. The summed E-state index contributed by atoms with van der Waals surface area (Å²) in [5.41, 5.74) is -0.520. The molecular weight excluding hydrogens is 273 g/mol. The lowest BCUT2D eigenvalue weighted by Crippen LogP contribution is -2.56. The van der Waals surface area contributed by atoms with Gasteiger partial charge in [0.05, 0.1) is 24.7 Å².